The summed E-state index contributed by atoms with van der Waals surface area (Å²) < 4.78 is 49.1. The molecule has 0 fully saturated rings. The van der Waals surface area contributed by atoms with Crippen LogP contribution in [0.5, 0.6) is 23.0 Å². The van der Waals surface area contributed by atoms with Gasteiger partial charge in [-0.25, -0.2) is 19.2 Å². The summed E-state index contributed by atoms with van der Waals surface area (Å²) in [5.74, 6) is -3.22. The summed E-state index contributed by atoms with van der Waals surface area (Å²) in [5, 5.41) is 0. The van der Waals surface area contributed by atoms with Crippen molar-refractivity contribution < 1.29 is 76.3 Å². The van der Waals surface area contributed by atoms with E-state index < -0.39 is 123 Å². The molecule has 576 valence electrons. The minimum absolute atomic E-state index is 0.150. The SMILES string of the molecule is C=C(C)C(=O)Oc1c(C(C)(C)C)cc(CCC(=O)OCC(COC(=O)CCc2cc(C(C)(C)C)c(OC(=O)C(=C)C)c(C(C)(C)C)c2)(COC(=O)CCc2cc(C(C)(C)C)c(OC(=O)C(=C)C)c(C(C)(C)C)c2)COC(=O)CCc2cc(C(C)(C)C)c(OC(=O)C(=C)C)c(C(C)(C)C)c2)cc1C(C)(C)C. The van der Waals surface area contributed by atoms with Crippen LogP contribution in [0.1, 0.15) is 286 Å². The summed E-state index contributed by atoms with van der Waals surface area (Å²) in [5.41, 5.74) is 4.17. The number of rotatable bonds is 28. The first-order valence-corrected chi connectivity index (χ1v) is 36.5. The van der Waals surface area contributed by atoms with E-state index in [1.165, 1.54) is 0 Å². The quantitative estimate of drug-likeness (QED) is 0.0224. The van der Waals surface area contributed by atoms with E-state index in [0.717, 1.165) is 66.8 Å². The number of benzene rings is 4. The number of esters is 8. The lowest BCUT2D eigenvalue weighted by Gasteiger charge is -2.32. The predicted octanol–water partition coefficient (Wildman–Crippen LogP) is 19.0. The van der Waals surface area contributed by atoms with Crippen molar-refractivity contribution in [2.45, 2.75) is 289 Å². The molecular formula is C89H124O16. The first kappa shape index (κ1) is 89.0. The third kappa shape index (κ3) is 26.0. The molecule has 0 aliphatic carbocycles. The molecule has 0 N–H and O–H groups in total. The normalized spacial score (nSPS) is 12.5. The van der Waals surface area contributed by atoms with E-state index in [1.54, 1.807) is 27.7 Å². The first-order valence-electron chi connectivity index (χ1n) is 36.5. The van der Waals surface area contributed by atoms with Crippen molar-refractivity contribution >= 4 is 47.8 Å². The van der Waals surface area contributed by atoms with E-state index >= 15 is 0 Å². The van der Waals surface area contributed by atoms with E-state index in [4.69, 9.17) is 37.9 Å². The number of aryl methyl sites for hydroxylation is 4. The van der Waals surface area contributed by atoms with Crippen LogP contribution in [0.3, 0.4) is 0 Å². The molecule has 0 saturated heterocycles. The molecule has 0 aliphatic heterocycles. The smallest absolute Gasteiger partial charge is 0.338 e. The van der Waals surface area contributed by atoms with Crippen LogP contribution in [-0.4, -0.2) is 74.2 Å². The van der Waals surface area contributed by atoms with Crippen molar-refractivity contribution in [3.8, 4) is 23.0 Å². The van der Waals surface area contributed by atoms with Crippen molar-refractivity contribution in [3.05, 3.63) is 164 Å². The molecule has 105 heavy (non-hydrogen) atoms. The molecule has 0 heterocycles. The molecule has 0 unspecified atom stereocenters. The van der Waals surface area contributed by atoms with Crippen molar-refractivity contribution in [2.24, 2.45) is 5.41 Å². The summed E-state index contributed by atoms with van der Waals surface area (Å²) in [7, 11) is 0. The van der Waals surface area contributed by atoms with Gasteiger partial charge in [0.2, 0.25) is 0 Å². The third-order valence-corrected chi connectivity index (χ3v) is 17.9. The number of carbonyl (C=O) groups is 8. The Kier molecular flexibility index (Phi) is 29.2. The van der Waals surface area contributed by atoms with Crippen LogP contribution >= 0.6 is 0 Å². The molecule has 0 spiro atoms. The topological polar surface area (TPSA) is 210 Å². The molecule has 16 nitrogen and oxygen atoms in total. The van der Waals surface area contributed by atoms with Crippen LogP contribution in [0, 0.1) is 5.41 Å². The molecule has 4 rings (SSSR count). The maximum atomic E-state index is 14.5. The maximum Gasteiger partial charge on any atom is 0.338 e. The highest BCUT2D eigenvalue weighted by Crippen LogP contribution is 2.46. The van der Waals surface area contributed by atoms with Crippen LogP contribution in [0.15, 0.2) is 97.1 Å². The number of carbonyl (C=O) groups excluding carboxylic acids is 8. The molecule has 4 aromatic rings. The summed E-state index contributed by atoms with van der Waals surface area (Å²) >= 11 is 0. The van der Waals surface area contributed by atoms with Gasteiger partial charge in [0, 0.05) is 92.5 Å². The minimum atomic E-state index is -1.71. The first-order chi connectivity index (χ1) is 47.7. The van der Waals surface area contributed by atoms with Gasteiger partial charge in [0.05, 0.1) is 0 Å². The predicted molar refractivity (Wildman–Crippen MR) is 417 cm³/mol. The summed E-state index contributed by atoms with van der Waals surface area (Å²) in [6.45, 7) is 67.6. The van der Waals surface area contributed by atoms with Crippen molar-refractivity contribution in [2.75, 3.05) is 26.4 Å². The van der Waals surface area contributed by atoms with Gasteiger partial charge in [-0.1, -0.05) is 241 Å². The highest BCUT2D eigenvalue weighted by Gasteiger charge is 2.40. The summed E-state index contributed by atoms with van der Waals surface area (Å²) in [6.07, 6.45) is 0.149. The fourth-order valence-corrected chi connectivity index (χ4v) is 11.4. The van der Waals surface area contributed by atoms with Gasteiger partial charge in [-0.2, -0.15) is 0 Å². The van der Waals surface area contributed by atoms with E-state index in [0.29, 0.717) is 23.0 Å². The lowest BCUT2D eigenvalue weighted by molar-refractivity contribution is -0.171. The van der Waals surface area contributed by atoms with Gasteiger partial charge in [-0.05, 0) is 119 Å². The van der Waals surface area contributed by atoms with Gasteiger partial charge in [-0.15, -0.1) is 0 Å². The zero-order valence-corrected chi connectivity index (χ0v) is 69.0. The molecule has 0 atom stereocenters. The van der Waals surface area contributed by atoms with Crippen molar-refractivity contribution in [1.82, 2.24) is 0 Å². The monoisotopic (exact) mass is 1450 g/mol. The van der Waals surface area contributed by atoms with Crippen LogP contribution in [0.2, 0.25) is 0 Å². The molecule has 0 amide bonds. The number of ether oxygens (including phenoxy) is 8. The molecule has 4 aromatic carbocycles. The van der Waals surface area contributed by atoms with Gasteiger partial charge >= 0.3 is 47.8 Å². The highest BCUT2D eigenvalue weighted by atomic mass is 16.6. The van der Waals surface area contributed by atoms with E-state index in [9.17, 15) is 38.4 Å². The Balaban J connectivity index is 1.91. The van der Waals surface area contributed by atoms with E-state index in [1.807, 2.05) is 215 Å². The van der Waals surface area contributed by atoms with Gasteiger partial charge in [-0.3, -0.25) is 19.2 Å². The van der Waals surface area contributed by atoms with Crippen LogP contribution in [0.4, 0.5) is 0 Å². The Morgan fingerprint density at radius 3 is 0.505 bits per heavy atom. The van der Waals surface area contributed by atoms with Gasteiger partial charge in [0.1, 0.15) is 54.8 Å². The fraction of sp³-hybridized carbons (Fsp3) is 0.551. The van der Waals surface area contributed by atoms with E-state index in [-0.39, 0.29) is 73.7 Å². The highest BCUT2D eigenvalue weighted by molar-refractivity contribution is 5.91. The molecule has 0 aromatic heterocycles. The van der Waals surface area contributed by atoms with Gasteiger partial charge in [0.25, 0.3) is 0 Å². The Morgan fingerprint density at radius 1 is 0.257 bits per heavy atom. The lowest BCUT2D eigenvalue weighted by Crippen LogP contribution is -2.44. The Hall–Kier alpha value is -8.40. The molecular weight excluding hydrogens is 1320 g/mol. The zero-order chi connectivity index (χ0) is 80.5. The van der Waals surface area contributed by atoms with Crippen molar-refractivity contribution in [3.63, 3.8) is 0 Å². The van der Waals surface area contributed by atoms with Gasteiger partial charge in [0.15, 0.2) is 0 Å². The standard InChI is InChI=1S/C89H124O16/c1-53(2)77(94)102-73-61(81(9,10)11)41-57(42-62(73)82(12,13)14)33-37-69(90)98-49-89(50-99-70(91)38-34-58-43-63(83(15,16)17)74(103-78(95)54(3)4)64(44-58)84(18,19)20,51-100-71(92)39-35-59-45-65(85(21,22)23)75(104-79(96)55(5)6)66(46-59)86(24,25)26)52-101-72(93)40-36-60-47-67(87(27,28)29)76(105-80(97)56(7)8)68(48-60)88(30,31)32/h41-48H,1,3,5,7,33-40,49-52H2,2,4,6,8-32H3. The summed E-state index contributed by atoms with van der Waals surface area (Å²) in [4.78, 5) is 111. The average Bonchev–Trinajstić information content (AvgIpc) is 0.797. The fourth-order valence-electron chi connectivity index (χ4n) is 11.4. The molecule has 0 saturated carbocycles. The van der Waals surface area contributed by atoms with Gasteiger partial charge < -0.3 is 37.9 Å². The number of hydrogen-bond donors (Lipinski definition) is 0. The molecule has 0 aliphatic rings. The molecule has 0 radical (unpaired) electrons. The molecule has 16 heteroatoms. The zero-order valence-electron chi connectivity index (χ0n) is 69.0. The minimum Gasteiger partial charge on any atom is -0.465 e. The van der Waals surface area contributed by atoms with Crippen LogP contribution < -0.4 is 18.9 Å². The van der Waals surface area contributed by atoms with Crippen LogP contribution in [0.25, 0.3) is 0 Å². The second-order valence-electron chi connectivity index (χ2n) is 36.9. The largest absolute Gasteiger partial charge is 0.465 e. The summed E-state index contributed by atoms with van der Waals surface area (Å²) in [6, 6.07) is 15.4. The second-order valence-corrected chi connectivity index (χ2v) is 36.9. The van der Waals surface area contributed by atoms with Crippen molar-refractivity contribution in [1.29, 1.82) is 0 Å². The van der Waals surface area contributed by atoms with Crippen LogP contribution in [-0.2, 0) is 126 Å². The van der Waals surface area contributed by atoms with E-state index in [2.05, 4.69) is 26.3 Å². The Morgan fingerprint density at radius 2 is 0.390 bits per heavy atom. The number of hydrogen-bond acceptors (Lipinski definition) is 16. The Bertz CT molecular complexity index is 3320. The second kappa shape index (κ2) is 34.4. The molecule has 0 bridgehead atoms. The maximum absolute atomic E-state index is 14.5. The third-order valence-electron chi connectivity index (χ3n) is 17.9. The average molecular weight is 1450 g/mol. The Labute approximate surface area is 628 Å². The lowest BCUT2D eigenvalue weighted by atomic mass is 9.78.